The smallest absolute Gasteiger partial charge is 0.227 e. The Labute approximate surface area is 217 Å². The van der Waals surface area contributed by atoms with Crippen LogP contribution in [0.3, 0.4) is 0 Å². The molecule has 194 valence electrons. The van der Waals surface area contributed by atoms with Crippen molar-refractivity contribution in [3.05, 3.63) is 22.2 Å². The van der Waals surface area contributed by atoms with Gasteiger partial charge in [-0.05, 0) is 56.4 Å². The van der Waals surface area contributed by atoms with Gasteiger partial charge in [0, 0.05) is 29.7 Å². The maximum atomic E-state index is 5.40. The first-order chi connectivity index (χ1) is 15.6. The minimum atomic E-state index is -0.930. The number of hydrogen-bond donors (Lipinski definition) is 3. The van der Waals surface area contributed by atoms with Crippen molar-refractivity contribution >= 4 is 51.2 Å². The minimum Gasteiger partial charge on any atom is -0.357 e. The maximum absolute atomic E-state index is 5.40. The topological polar surface area (TPSA) is 127 Å². The summed E-state index contributed by atoms with van der Waals surface area (Å²) in [4.78, 5) is 23.6. The van der Waals surface area contributed by atoms with Crippen molar-refractivity contribution in [2.75, 3.05) is 30.8 Å². The largest absolute Gasteiger partial charge is 0.357 e. The van der Waals surface area contributed by atoms with E-state index < -0.39 is 16.1 Å². The van der Waals surface area contributed by atoms with E-state index in [-0.39, 0.29) is 10.6 Å². The Morgan fingerprint density at radius 3 is 1.59 bits per heavy atom. The van der Waals surface area contributed by atoms with Gasteiger partial charge in [0.25, 0.3) is 0 Å². The van der Waals surface area contributed by atoms with Gasteiger partial charge in [0.1, 0.15) is 11.6 Å². The van der Waals surface area contributed by atoms with E-state index in [1.165, 1.54) is 24.9 Å². The quantitative estimate of drug-likeness (QED) is 0.274. The molecule has 0 aromatic carbocycles. The molecule has 0 aliphatic rings. The van der Waals surface area contributed by atoms with E-state index in [9.17, 15) is 0 Å². The zero-order valence-corrected chi connectivity index (χ0v) is 25.8. The molecule has 0 atom stereocenters. The highest BCUT2D eigenvalue weighted by Crippen LogP contribution is 2.11. The van der Waals surface area contributed by atoms with Gasteiger partial charge in [-0.1, -0.05) is 51.4 Å². The summed E-state index contributed by atoms with van der Waals surface area (Å²) in [7, 11) is 0.121. The van der Waals surface area contributed by atoms with E-state index in [1.54, 1.807) is 6.92 Å². The lowest BCUT2D eigenvalue weighted by atomic mass is 10.5. The summed E-state index contributed by atoms with van der Waals surface area (Å²) in [5.41, 5.74) is 5.36. The molecule has 2 aromatic rings. The highest BCUT2D eigenvalue weighted by molar-refractivity contribution is 6.76. The van der Waals surface area contributed by atoms with Crippen molar-refractivity contribution in [3.8, 4) is 0 Å². The molecule has 0 aliphatic carbocycles. The fourth-order valence-corrected chi connectivity index (χ4v) is 5.49. The monoisotopic (exact) mass is 547 g/mol. The van der Waals surface area contributed by atoms with Crippen LogP contribution in [-0.4, -0.2) is 66.2 Å². The van der Waals surface area contributed by atoms with E-state index in [4.69, 9.17) is 28.9 Å². The second-order valence-electron chi connectivity index (χ2n) is 10.2. The molecule has 0 fully saturated rings. The Morgan fingerprint density at radius 2 is 1.18 bits per heavy atom. The average Bonchev–Trinajstić information content (AvgIpc) is 2.68. The van der Waals surface area contributed by atoms with Crippen LogP contribution < -0.4 is 16.4 Å². The lowest BCUT2D eigenvalue weighted by Gasteiger charge is -2.15. The van der Waals surface area contributed by atoms with Gasteiger partial charge < -0.3 is 16.4 Å². The van der Waals surface area contributed by atoms with Crippen LogP contribution in [0.25, 0.3) is 0 Å². The van der Waals surface area contributed by atoms with Crippen LogP contribution in [0, 0.1) is 13.8 Å². The minimum absolute atomic E-state index is 0.132. The predicted molar refractivity (Wildman–Crippen MR) is 152 cm³/mol. The Balaban J connectivity index is 0.000000538. The number of anilines is 2. The van der Waals surface area contributed by atoms with Gasteiger partial charge in [0.2, 0.25) is 22.5 Å². The standard InChI is InChI=1S/C11H23N5Si.C6H17NSi.C4H3Cl2N3/c1-9-14-10(12-2)16-11(15-9)13-7-6-8-17(3,4)5;1-8(2,3)6-4-5-7;1-2-7-3(5)9-4(6)8-2/h6-8H2,1-5H3,(H2,12,13,14,15,16);4-7H2,1-3H3;1H3. The van der Waals surface area contributed by atoms with Gasteiger partial charge in [0.05, 0.1) is 0 Å². The first-order valence-corrected chi connectivity index (χ1v) is 19.7. The van der Waals surface area contributed by atoms with Gasteiger partial charge in [-0.3, -0.25) is 0 Å². The van der Waals surface area contributed by atoms with Crippen molar-refractivity contribution in [3.63, 3.8) is 0 Å². The van der Waals surface area contributed by atoms with E-state index in [2.05, 4.69) is 79.8 Å². The number of nitrogens with zero attached hydrogens (tertiary/aromatic N) is 6. The molecule has 13 heteroatoms. The summed E-state index contributed by atoms with van der Waals surface area (Å²) in [5, 5.41) is 6.44. The molecule has 0 radical (unpaired) electrons. The van der Waals surface area contributed by atoms with Crippen molar-refractivity contribution < 1.29 is 0 Å². The molecule has 9 nitrogen and oxygen atoms in total. The fourth-order valence-electron chi connectivity index (χ4n) is 2.54. The Hall–Kier alpha value is -1.41. The number of rotatable bonds is 9. The zero-order chi connectivity index (χ0) is 26.4. The van der Waals surface area contributed by atoms with Crippen LogP contribution in [0.15, 0.2) is 0 Å². The fraction of sp³-hybridized carbons (Fsp3) is 0.714. The van der Waals surface area contributed by atoms with Crippen molar-refractivity contribution in [1.29, 1.82) is 0 Å². The van der Waals surface area contributed by atoms with Gasteiger partial charge in [-0.15, -0.1) is 0 Å². The Kier molecular flexibility index (Phi) is 15.6. The molecule has 0 spiro atoms. The van der Waals surface area contributed by atoms with E-state index >= 15 is 0 Å². The average molecular weight is 549 g/mol. The summed E-state index contributed by atoms with van der Waals surface area (Å²) in [6.07, 6.45) is 2.39. The molecule has 0 amide bonds. The summed E-state index contributed by atoms with van der Waals surface area (Å²) in [6.45, 7) is 19.7. The van der Waals surface area contributed by atoms with Gasteiger partial charge in [0.15, 0.2) is 0 Å². The molecule has 0 unspecified atom stereocenters. The second-order valence-corrected chi connectivity index (χ2v) is 22.2. The molecule has 2 heterocycles. The van der Waals surface area contributed by atoms with Crippen molar-refractivity contribution in [2.24, 2.45) is 5.73 Å². The summed E-state index contributed by atoms with van der Waals surface area (Å²) >= 11 is 10.8. The van der Waals surface area contributed by atoms with Gasteiger partial charge in [-0.2, -0.15) is 19.9 Å². The lowest BCUT2D eigenvalue weighted by Crippen LogP contribution is -2.20. The molecular formula is C21H43Cl2N9Si2. The highest BCUT2D eigenvalue weighted by Gasteiger charge is 2.12. The van der Waals surface area contributed by atoms with Crippen LogP contribution in [0.2, 0.25) is 61.9 Å². The van der Waals surface area contributed by atoms with Crippen LogP contribution in [0.5, 0.6) is 0 Å². The highest BCUT2D eigenvalue weighted by atomic mass is 35.5. The van der Waals surface area contributed by atoms with Crippen LogP contribution in [-0.2, 0) is 0 Å². The Bertz CT molecular complexity index is 793. The second kappa shape index (κ2) is 16.3. The Morgan fingerprint density at radius 1 is 0.706 bits per heavy atom. The molecule has 2 aromatic heterocycles. The molecule has 0 saturated heterocycles. The van der Waals surface area contributed by atoms with Gasteiger partial charge in [-0.25, -0.2) is 9.97 Å². The number of aromatic nitrogens is 6. The van der Waals surface area contributed by atoms with Crippen LogP contribution in [0.4, 0.5) is 11.9 Å². The normalized spacial score (nSPS) is 11.1. The molecular weight excluding hydrogens is 505 g/mol. The predicted octanol–water partition coefficient (Wildman–Crippen LogP) is 5.52. The van der Waals surface area contributed by atoms with E-state index in [0.29, 0.717) is 17.7 Å². The number of halogens is 2. The first kappa shape index (κ1) is 32.6. The summed E-state index contributed by atoms with van der Waals surface area (Å²) in [5.74, 6) is 2.54. The molecule has 2 rings (SSSR count). The SMILES string of the molecule is CNc1nc(C)nc(NCCC[Si](C)(C)C)n1.C[Si](C)(C)CCCN.Cc1nc(Cl)nc(Cl)n1. The van der Waals surface area contributed by atoms with E-state index in [0.717, 1.165) is 18.9 Å². The third kappa shape index (κ3) is 19.0. The lowest BCUT2D eigenvalue weighted by molar-refractivity contribution is 0.909. The molecule has 34 heavy (non-hydrogen) atoms. The molecule has 0 saturated carbocycles. The molecule has 0 aliphatic heterocycles. The maximum Gasteiger partial charge on any atom is 0.227 e. The third-order valence-corrected chi connectivity index (χ3v) is 8.23. The van der Waals surface area contributed by atoms with Crippen molar-refractivity contribution in [2.45, 2.75) is 78.1 Å². The third-order valence-electron chi connectivity index (χ3n) is 4.18. The first-order valence-electron chi connectivity index (χ1n) is 11.5. The number of hydrogen-bond acceptors (Lipinski definition) is 9. The molecule has 0 bridgehead atoms. The number of aryl methyl sites for hydroxylation is 2. The van der Waals surface area contributed by atoms with Gasteiger partial charge >= 0.3 is 0 Å². The number of nitrogens with two attached hydrogens (primary N) is 1. The zero-order valence-electron chi connectivity index (χ0n) is 22.3. The van der Waals surface area contributed by atoms with Crippen LogP contribution >= 0.6 is 23.2 Å². The van der Waals surface area contributed by atoms with E-state index in [1.807, 2.05) is 14.0 Å². The summed E-state index contributed by atoms with van der Waals surface area (Å²) < 4.78 is 0. The molecule has 4 N–H and O–H groups in total. The summed E-state index contributed by atoms with van der Waals surface area (Å²) in [6, 6.07) is 2.70. The van der Waals surface area contributed by atoms with Crippen molar-refractivity contribution in [1.82, 2.24) is 29.9 Å². The van der Waals surface area contributed by atoms with Crippen LogP contribution in [0.1, 0.15) is 24.5 Å². The number of nitrogens with one attached hydrogen (secondary N) is 2.